The summed E-state index contributed by atoms with van der Waals surface area (Å²) >= 11 is 0. The van der Waals surface area contributed by atoms with Crippen molar-refractivity contribution in [2.45, 2.75) is 6.92 Å². The number of hydrazone groups is 1. The average Bonchev–Trinajstić information content (AvgIpc) is 2.74. The van der Waals surface area contributed by atoms with Gasteiger partial charge in [-0.05, 0) is 25.1 Å². The Morgan fingerprint density at radius 3 is 2.71 bits per heavy atom. The van der Waals surface area contributed by atoms with Gasteiger partial charge in [-0.15, -0.1) is 0 Å². The molecule has 2 rings (SSSR count). The van der Waals surface area contributed by atoms with Crippen molar-refractivity contribution in [2.24, 2.45) is 10.8 Å². The second kappa shape index (κ2) is 5.17. The summed E-state index contributed by atoms with van der Waals surface area (Å²) in [5, 5.41) is 11.5. The van der Waals surface area contributed by atoms with E-state index in [4.69, 9.17) is 11.1 Å². The van der Waals surface area contributed by atoms with Crippen LogP contribution in [0.4, 0.5) is 4.39 Å². The van der Waals surface area contributed by atoms with Gasteiger partial charge in [0.15, 0.2) is 0 Å². The van der Waals surface area contributed by atoms with Gasteiger partial charge in [0.25, 0.3) is 0 Å². The lowest BCUT2D eigenvalue weighted by Crippen LogP contribution is -2.26. The molecule has 1 heterocycles. The van der Waals surface area contributed by atoms with Crippen LogP contribution in [-0.4, -0.2) is 30.3 Å². The molecule has 0 aliphatic carbocycles. The van der Waals surface area contributed by atoms with Gasteiger partial charge in [0, 0.05) is 17.1 Å². The van der Waals surface area contributed by atoms with Gasteiger partial charge in [0.1, 0.15) is 5.82 Å². The first kappa shape index (κ1) is 15.0. The fraction of sp³-hybridized carbons (Fsp3) is 0.167. The third-order valence-corrected chi connectivity index (χ3v) is 3.84. The lowest BCUT2D eigenvalue weighted by atomic mass is 10.1. The lowest BCUT2D eigenvalue weighted by molar-refractivity contribution is 0.595. The number of guanidine groups is 1. The maximum absolute atomic E-state index is 13.4. The molecule has 1 aromatic carbocycles. The van der Waals surface area contributed by atoms with Crippen LogP contribution in [0.25, 0.3) is 10.9 Å². The minimum Gasteiger partial charge on any atom is -0.369 e. The van der Waals surface area contributed by atoms with Gasteiger partial charge in [-0.1, -0.05) is 0 Å². The van der Waals surface area contributed by atoms with E-state index in [0.29, 0.717) is 16.7 Å². The molecule has 0 saturated heterocycles. The first-order chi connectivity index (χ1) is 9.70. The minimum atomic E-state index is -3.58. The topological polar surface area (TPSA) is 113 Å². The molecule has 0 saturated carbocycles. The number of hydrogen-bond donors (Lipinski definition) is 3. The molecule has 7 nitrogen and oxygen atoms in total. The zero-order valence-corrected chi connectivity index (χ0v) is 12.2. The smallest absolute Gasteiger partial charge is 0.236 e. The van der Waals surface area contributed by atoms with Crippen LogP contribution in [0.1, 0.15) is 12.5 Å². The Bertz CT molecular complexity index is 854. The predicted octanol–water partition coefficient (Wildman–Crippen LogP) is 0.795. The van der Waals surface area contributed by atoms with Crippen LogP contribution in [0.3, 0.4) is 0 Å². The normalized spacial score (nSPS) is 12.6. The van der Waals surface area contributed by atoms with Crippen molar-refractivity contribution in [3.63, 3.8) is 0 Å². The van der Waals surface area contributed by atoms with E-state index in [1.165, 1.54) is 18.3 Å². The Balaban J connectivity index is 2.71. The molecular weight excluding hydrogens is 297 g/mol. The Hall–Kier alpha value is -2.42. The number of nitrogens with two attached hydrogens (primary N) is 1. The molecule has 9 heteroatoms. The highest BCUT2D eigenvalue weighted by Crippen LogP contribution is 2.24. The number of halogens is 1. The van der Waals surface area contributed by atoms with Crippen LogP contribution < -0.4 is 11.2 Å². The van der Waals surface area contributed by atoms with Crippen molar-refractivity contribution in [2.75, 3.05) is 6.26 Å². The van der Waals surface area contributed by atoms with E-state index in [2.05, 4.69) is 10.5 Å². The highest BCUT2D eigenvalue weighted by atomic mass is 32.2. The Labute approximate surface area is 120 Å². The molecule has 0 aliphatic heterocycles. The number of nitrogens with zero attached hydrogens (tertiary/aromatic N) is 2. The van der Waals surface area contributed by atoms with Crippen molar-refractivity contribution in [3.8, 4) is 0 Å². The molecule has 0 aliphatic rings. The first-order valence-corrected chi connectivity index (χ1v) is 7.71. The van der Waals surface area contributed by atoms with E-state index in [1.807, 2.05) is 0 Å². The van der Waals surface area contributed by atoms with E-state index in [1.54, 1.807) is 6.92 Å². The molecule has 4 N–H and O–H groups in total. The second-order valence-electron chi connectivity index (χ2n) is 4.49. The summed E-state index contributed by atoms with van der Waals surface area (Å²) in [7, 11) is -3.58. The van der Waals surface area contributed by atoms with E-state index >= 15 is 0 Å². The molecule has 0 amide bonds. The molecule has 0 radical (unpaired) electrons. The minimum absolute atomic E-state index is 0.227. The first-order valence-electron chi connectivity index (χ1n) is 5.86. The van der Waals surface area contributed by atoms with Crippen LogP contribution in [-0.2, 0) is 10.0 Å². The Morgan fingerprint density at radius 1 is 1.48 bits per heavy atom. The summed E-state index contributed by atoms with van der Waals surface area (Å²) in [4.78, 5) is 0. The highest BCUT2D eigenvalue weighted by Gasteiger charge is 2.17. The molecule has 21 heavy (non-hydrogen) atoms. The van der Waals surface area contributed by atoms with Gasteiger partial charge in [-0.25, -0.2) is 22.2 Å². The third-order valence-electron chi connectivity index (χ3n) is 2.82. The Morgan fingerprint density at radius 2 is 2.14 bits per heavy atom. The van der Waals surface area contributed by atoms with Crippen LogP contribution in [0, 0.1) is 11.2 Å². The fourth-order valence-electron chi connectivity index (χ4n) is 1.94. The largest absolute Gasteiger partial charge is 0.369 e. The second-order valence-corrected chi connectivity index (χ2v) is 6.35. The van der Waals surface area contributed by atoms with Crippen LogP contribution in [0.5, 0.6) is 0 Å². The van der Waals surface area contributed by atoms with Crippen molar-refractivity contribution in [1.29, 1.82) is 5.41 Å². The molecule has 0 bridgehead atoms. The summed E-state index contributed by atoms with van der Waals surface area (Å²) in [6, 6.07) is 3.87. The fourth-order valence-corrected chi connectivity index (χ4v) is 2.74. The van der Waals surface area contributed by atoms with Crippen LogP contribution in [0.15, 0.2) is 29.5 Å². The zero-order valence-electron chi connectivity index (χ0n) is 11.4. The summed E-state index contributed by atoms with van der Waals surface area (Å²) < 4.78 is 37.9. The molecule has 0 fully saturated rings. The van der Waals surface area contributed by atoms with Gasteiger partial charge in [0.05, 0.1) is 17.5 Å². The third kappa shape index (κ3) is 3.02. The molecular formula is C12H14FN5O2S. The van der Waals surface area contributed by atoms with E-state index in [9.17, 15) is 12.8 Å². The van der Waals surface area contributed by atoms with E-state index in [-0.39, 0.29) is 11.5 Å². The monoisotopic (exact) mass is 311 g/mol. The summed E-state index contributed by atoms with van der Waals surface area (Å²) in [5.74, 6) is -0.874. The summed E-state index contributed by atoms with van der Waals surface area (Å²) in [6.45, 7) is 1.63. The van der Waals surface area contributed by atoms with Gasteiger partial charge in [-0.2, -0.15) is 5.10 Å². The summed E-state index contributed by atoms with van der Waals surface area (Å²) in [5.41, 5.74) is 8.58. The van der Waals surface area contributed by atoms with E-state index < -0.39 is 15.8 Å². The summed E-state index contributed by atoms with van der Waals surface area (Å²) in [6.07, 6.45) is 2.39. The van der Waals surface area contributed by atoms with Crippen LogP contribution in [0.2, 0.25) is 0 Å². The van der Waals surface area contributed by atoms with Crippen LogP contribution >= 0.6 is 0 Å². The number of aromatic nitrogens is 1. The SMILES string of the molecule is C/C(=N/NC(=N)N)c1cn(S(C)(=O)=O)c2cc(F)ccc12. The molecule has 112 valence electrons. The molecule has 1 aromatic heterocycles. The standard InChI is InChI=1S/C12H14FN5O2S/c1-7(16-17-12(14)15)10-6-18(21(2,19)20)11-5-8(13)3-4-9(10)11/h3-6H,1-2H3,(H4,14,15,17)/b16-7-. The quantitative estimate of drug-likeness (QED) is 0.442. The van der Waals surface area contributed by atoms with Crippen molar-refractivity contribution in [3.05, 3.63) is 35.8 Å². The maximum Gasteiger partial charge on any atom is 0.236 e. The molecule has 2 aromatic rings. The zero-order chi connectivity index (χ0) is 15.8. The number of nitrogens with one attached hydrogen (secondary N) is 2. The highest BCUT2D eigenvalue weighted by molar-refractivity contribution is 7.89. The van der Waals surface area contributed by atoms with Gasteiger partial charge in [-0.3, -0.25) is 5.41 Å². The maximum atomic E-state index is 13.4. The van der Waals surface area contributed by atoms with Crippen molar-refractivity contribution >= 4 is 32.6 Å². The van der Waals surface area contributed by atoms with E-state index in [0.717, 1.165) is 16.3 Å². The number of hydrogen-bond acceptors (Lipinski definition) is 4. The lowest BCUT2D eigenvalue weighted by Gasteiger charge is -2.00. The molecule has 0 unspecified atom stereocenters. The van der Waals surface area contributed by atoms with Crippen molar-refractivity contribution < 1.29 is 12.8 Å². The molecule has 0 spiro atoms. The number of rotatable bonds is 3. The van der Waals surface area contributed by atoms with Crippen molar-refractivity contribution in [1.82, 2.24) is 9.40 Å². The number of fused-ring (bicyclic) bond motifs is 1. The predicted molar refractivity (Wildman–Crippen MR) is 79.4 cm³/mol. The van der Waals surface area contributed by atoms with Gasteiger partial charge >= 0.3 is 0 Å². The van der Waals surface area contributed by atoms with Gasteiger partial charge in [0.2, 0.25) is 16.0 Å². The average molecular weight is 311 g/mol. The molecule has 0 atom stereocenters. The Kier molecular flexibility index (Phi) is 3.69. The number of benzene rings is 1. The van der Waals surface area contributed by atoms with Gasteiger partial charge < -0.3 is 5.73 Å².